The molecule has 8 heteroatoms. The third-order valence-electron chi connectivity index (χ3n) is 3.06. The summed E-state index contributed by atoms with van der Waals surface area (Å²) in [5.41, 5.74) is 0. The second-order valence-corrected chi connectivity index (χ2v) is 7.09. The van der Waals surface area contributed by atoms with Crippen LogP contribution in [0.25, 0.3) is 0 Å². The van der Waals surface area contributed by atoms with Gasteiger partial charge in [-0.3, -0.25) is 4.79 Å². The first kappa shape index (κ1) is 13.7. The molecule has 2 heterocycles. The molecule has 2 fully saturated rings. The van der Waals surface area contributed by atoms with E-state index in [1.54, 1.807) is 4.90 Å². The summed E-state index contributed by atoms with van der Waals surface area (Å²) >= 11 is 5.10. The predicted octanol–water partition coefficient (Wildman–Crippen LogP) is -1.05. The summed E-state index contributed by atoms with van der Waals surface area (Å²) in [6, 6.07) is -0.304. The zero-order valence-electron chi connectivity index (χ0n) is 9.92. The average Bonchev–Trinajstić information content (AvgIpc) is 2.68. The molecule has 0 aliphatic carbocycles. The molecule has 0 radical (unpaired) electrons. The lowest BCUT2D eigenvalue weighted by atomic mass is 10.2. The van der Waals surface area contributed by atoms with Crippen LogP contribution in [0.15, 0.2) is 0 Å². The van der Waals surface area contributed by atoms with Crippen molar-refractivity contribution < 1.29 is 17.9 Å². The lowest BCUT2D eigenvalue weighted by Crippen LogP contribution is -2.49. The molecule has 18 heavy (non-hydrogen) atoms. The molecule has 0 aromatic rings. The van der Waals surface area contributed by atoms with E-state index in [0.29, 0.717) is 32.7 Å². The number of carbonyl (C=O) groups is 1. The second-order valence-electron chi connectivity index (χ2n) is 4.48. The fourth-order valence-electron chi connectivity index (χ4n) is 2.07. The molecule has 2 rings (SSSR count). The molecule has 6 nitrogen and oxygen atoms in total. The van der Waals surface area contributed by atoms with Gasteiger partial charge < -0.3 is 15.0 Å². The van der Waals surface area contributed by atoms with Gasteiger partial charge in [-0.2, -0.15) is 0 Å². The van der Waals surface area contributed by atoms with Crippen LogP contribution in [0.1, 0.15) is 6.42 Å². The summed E-state index contributed by atoms with van der Waals surface area (Å²) in [5.74, 6) is -0.193. The highest BCUT2D eigenvalue weighted by Gasteiger charge is 2.30. The SMILES string of the molecule is O=C(NC1CCS(=O)(=O)C1)C(=S)N1CCOCC1. The number of sulfone groups is 1. The fraction of sp³-hybridized carbons (Fsp3) is 0.800. The van der Waals surface area contributed by atoms with Gasteiger partial charge in [-0.25, -0.2) is 8.42 Å². The normalized spacial score (nSPS) is 26.9. The van der Waals surface area contributed by atoms with Crippen LogP contribution in [-0.4, -0.2) is 68.1 Å². The van der Waals surface area contributed by atoms with Gasteiger partial charge in [0.05, 0.1) is 24.7 Å². The molecule has 0 saturated carbocycles. The minimum Gasteiger partial charge on any atom is -0.378 e. The molecule has 102 valence electrons. The highest BCUT2D eigenvalue weighted by atomic mass is 32.2. The topological polar surface area (TPSA) is 75.7 Å². The van der Waals surface area contributed by atoms with Gasteiger partial charge in [0, 0.05) is 19.1 Å². The number of nitrogens with one attached hydrogen (secondary N) is 1. The Kier molecular flexibility index (Phi) is 4.18. The Morgan fingerprint density at radius 2 is 2.00 bits per heavy atom. The predicted molar refractivity (Wildman–Crippen MR) is 70.2 cm³/mol. The van der Waals surface area contributed by atoms with Gasteiger partial charge in [-0.15, -0.1) is 0 Å². The molecular formula is C10H16N2O4S2. The Bertz CT molecular complexity index is 443. The van der Waals surface area contributed by atoms with Crippen molar-refractivity contribution >= 4 is 33.0 Å². The summed E-state index contributed by atoms with van der Waals surface area (Å²) in [6.07, 6.45) is 0.472. The van der Waals surface area contributed by atoms with Crippen LogP contribution in [-0.2, 0) is 19.4 Å². The molecular weight excluding hydrogens is 276 g/mol. The van der Waals surface area contributed by atoms with Crippen molar-refractivity contribution in [1.29, 1.82) is 0 Å². The summed E-state index contributed by atoms with van der Waals surface area (Å²) < 4.78 is 27.7. The summed E-state index contributed by atoms with van der Waals surface area (Å²) in [5, 5.41) is 2.69. The quantitative estimate of drug-likeness (QED) is 0.622. The number of thiocarbonyl (C=S) groups is 1. The highest BCUT2D eigenvalue weighted by Crippen LogP contribution is 2.11. The molecule has 0 spiro atoms. The van der Waals surface area contributed by atoms with E-state index in [1.807, 2.05) is 0 Å². The number of ether oxygens (including phenoxy) is 1. The van der Waals surface area contributed by atoms with Gasteiger partial charge in [-0.05, 0) is 6.42 Å². The number of morpholine rings is 1. The number of rotatable bonds is 1. The lowest BCUT2D eigenvalue weighted by molar-refractivity contribution is -0.116. The molecule has 1 unspecified atom stereocenters. The molecule has 2 aliphatic heterocycles. The Balaban J connectivity index is 1.86. The standard InChI is InChI=1S/C10H16N2O4S2/c13-9(10(17)12-2-4-16-5-3-12)11-8-1-6-18(14,15)7-8/h8H,1-7H2,(H,11,13). The van der Waals surface area contributed by atoms with E-state index < -0.39 is 9.84 Å². The van der Waals surface area contributed by atoms with E-state index in [2.05, 4.69) is 5.32 Å². The molecule has 1 N–H and O–H groups in total. The first-order valence-electron chi connectivity index (χ1n) is 5.86. The largest absolute Gasteiger partial charge is 0.378 e. The Morgan fingerprint density at radius 1 is 1.33 bits per heavy atom. The van der Waals surface area contributed by atoms with Gasteiger partial charge >= 0.3 is 0 Å². The lowest BCUT2D eigenvalue weighted by Gasteiger charge is -2.28. The van der Waals surface area contributed by atoms with Crippen molar-refractivity contribution in [3.05, 3.63) is 0 Å². The van der Waals surface area contributed by atoms with Crippen molar-refractivity contribution in [2.24, 2.45) is 0 Å². The molecule has 0 aromatic heterocycles. The summed E-state index contributed by atoms with van der Waals surface area (Å²) in [6.45, 7) is 2.33. The third kappa shape index (κ3) is 3.39. The van der Waals surface area contributed by atoms with E-state index >= 15 is 0 Å². The van der Waals surface area contributed by atoms with Crippen LogP contribution in [0.2, 0.25) is 0 Å². The molecule has 2 saturated heterocycles. The van der Waals surface area contributed by atoms with Crippen molar-refractivity contribution in [3.63, 3.8) is 0 Å². The first-order valence-corrected chi connectivity index (χ1v) is 8.09. The van der Waals surface area contributed by atoms with Crippen molar-refractivity contribution in [1.82, 2.24) is 10.2 Å². The molecule has 1 atom stereocenters. The monoisotopic (exact) mass is 292 g/mol. The summed E-state index contributed by atoms with van der Waals surface area (Å²) in [4.78, 5) is 13.9. The molecule has 0 aromatic carbocycles. The van der Waals surface area contributed by atoms with Crippen LogP contribution in [0.3, 0.4) is 0 Å². The van der Waals surface area contributed by atoms with Crippen molar-refractivity contribution in [3.8, 4) is 0 Å². The number of hydrogen-bond acceptors (Lipinski definition) is 5. The van der Waals surface area contributed by atoms with Gasteiger partial charge in [0.1, 0.15) is 0 Å². The maximum atomic E-state index is 11.9. The van der Waals surface area contributed by atoms with E-state index in [0.717, 1.165) is 0 Å². The third-order valence-corrected chi connectivity index (χ3v) is 5.27. The molecule has 0 bridgehead atoms. The Morgan fingerprint density at radius 3 is 2.56 bits per heavy atom. The van der Waals surface area contributed by atoms with E-state index in [9.17, 15) is 13.2 Å². The van der Waals surface area contributed by atoms with Gasteiger partial charge in [0.2, 0.25) is 0 Å². The highest BCUT2D eigenvalue weighted by molar-refractivity contribution is 7.91. The number of nitrogens with zero attached hydrogens (tertiary/aromatic N) is 1. The number of carbonyl (C=O) groups excluding carboxylic acids is 1. The van der Waals surface area contributed by atoms with Gasteiger partial charge in [0.25, 0.3) is 5.91 Å². The van der Waals surface area contributed by atoms with Crippen LogP contribution >= 0.6 is 12.2 Å². The van der Waals surface area contributed by atoms with Crippen molar-refractivity contribution in [2.45, 2.75) is 12.5 Å². The number of amides is 1. The van der Waals surface area contributed by atoms with Crippen LogP contribution in [0, 0.1) is 0 Å². The fourth-order valence-corrected chi connectivity index (χ4v) is 3.98. The minimum atomic E-state index is -2.98. The van der Waals surface area contributed by atoms with Crippen molar-refractivity contribution in [2.75, 3.05) is 37.8 Å². The summed E-state index contributed by atoms with van der Waals surface area (Å²) in [7, 11) is -2.98. The second kappa shape index (κ2) is 5.50. The molecule has 2 aliphatic rings. The van der Waals surface area contributed by atoms with E-state index in [4.69, 9.17) is 17.0 Å². The molecule has 1 amide bonds. The smallest absolute Gasteiger partial charge is 0.279 e. The maximum Gasteiger partial charge on any atom is 0.279 e. The number of hydrogen-bond donors (Lipinski definition) is 1. The first-order chi connectivity index (χ1) is 8.48. The Labute approximate surface area is 112 Å². The van der Waals surface area contributed by atoms with E-state index in [1.165, 1.54) is 0 Å². The zero-order valence-corrected chi connectivity index (χ0v) is 11.6. The van der Waals surface area contributed by atoms with Crippen LogP contribution in [0.4, 0.5) is 0 Å². The Hall–Kier alpha value is -0.730. The van der Waals surface area contributed by atoms with Crippen LogP contribution < -0.4 is 5.32 Å². The maximum absolute atomic E-state index is 11.9. The van der Waals surface area contributed by atoms with E-state index in [-0.39, 0.29) is 28.4 Å². The van der Waals surface area contributed by atoms with Crippen LogP contribution in [0.5, 0.6) is 0 Å². The van der Waals surface area contributed by atoms with Gasteiger partial charge in [-0.1, -0.05) is 12.2 Å². The minimum absolute atomic E-state index is 0.0183. The average molecular weight is 292 g/mol. The zero-order chi connectivity index (χ0) is 13.2. The van der Waals surface area contributed by atoms with Gasteiger partial charge in [0.15, 0.2) is 14.8 Å².